The second kappa shape index (κ2) is 5.29. The van der Waals surface area contributed by atoms with E-state index in [2.05, 4.69) is 0 Å². The smallest absolute Gasteiger partial charge is 0.314 e. The van der Waals surface area contributed by atoms with Crippen LogP contribution in [0.25, 0.3) is 0 Å². The van der Waals surface area contributed by atoms with Gasteiger partial charge in [-0.3, -0.25) is 14.4 Å². The SMILES string of the molecule is CC1(O)CC(=O)C(C(=O)O)C(c2ccccc2)C1C(=O)O. The fourth-order valence-electron chi connectivity index (χ4n) is 3.12. The monoisotopic (exact) mass is 292 g/mol. The zero-order valence-electron chi connectivity index (χ0n) is 11.4. The zero-order valence-corrected chi connectivity index (χ0v) is 11.4. The second-order valence-electron chi connectivity index (χ2n) is 5.57. The molecule has 3 N–H and O–H groups in total. The number of aliphatic carboxylic acids is 2. The fourth-order valence-corrected chi connectivity index (χ4v) is 3.12. The maximum Gasteiger partial charge on any atom is 0.314 e. The van der Waals surface area contributed by atoms with Crippen molar-refractivity contribution in [2.24, 2.45) is 11.8 Å². The first-order chi connectivity index (χ1) is 9.75. The molecule has 1 aromatic rings. The third-order valence-corrected chi connectivity index (χ3v) is 3.98. The Hall–Kier alpha value is -2.21. The third-order valence-electron chi connectivity index (χ3n) is 3.98. The summed E-state index contributed by atoms with van der Waals surface area (Å²) in [5.41, 5.74) is -1.36. The molecule has 21 heavy (non-hydrogen) atoms. The van der Waals surface area contributed by atoms with E-state index in [0.717, 1.165) is 0 Å². The lowest BCUT2D eigenvalue weighted by atomic mass is 9.62. The Morgan fingerprint density at radius 3 is 2.19 bits per heavy atom. The highest BCUT2D eigenvalue weighted by Crippen LogP contribution is 2.45. The maximum atomic E-state index is 12.1. The third kappa shape index (κ3) is 2.67. The molecule has 4 atom stereocenters. The van der Waals surface area contributed by atoms with Gasteiger partial charge >= 0.3 is 11.9 Å². The number of carboxylic acids is 2. The molecular weight excluding hydrogens is 276 g/mol. The summed E-state index contributed by atoms with van der Waals surface area (Å²) in [6.45, 7) is 1.26. The number of ketones is 1. The Kier molecular flexibility index (Phi) is 3.82. The molecule has 2 rings (SSSR count). The Balaban J connectivity index is 2.61. The summed E-state index contributed by atoms with van der Waals surface area (Å²) < 4.78 is 0. The average Bonchev–Trinajstić information content (AvgIpc) is 2.36. The molecule has 1 saturated carbocycles. The number of carbonyl (C=O) groups is 3. The lowest BCUT2D eigenvalue weighted by molar-refractivity contribution is -0.167. The van der Waals surface area contributed by atoms with Gasteiger partial charge in [0.1, 0.15) is 5.92 Å². The summed E-state index contributed by atoms with van der Waals surface area (Å²) in [7, 11) is 0. The van der Waals surface area contributed by atoms with Gasteiger partial charge in [0, 0.05) is 12.3 Å². The van der Waals surface area contributed by atoms with Crippen LogP contribution in [0.5, 0.6) is 0 Å². The van der Waals surface area contributed by atoms with Crippen LogP contribution < -0.4 is 0 Å². The fraction of sp³-hybridized carbons (Fsp3) is 0.400. The van der Waals surface area contributed by atoms with Crippen molar-refractivity contribution in [2.75, 3.05) is 0 Å². The van der Waals surface area contributed by atoms with Crippen molar-refractivity contribution in [3.8, 4) is 0 Å². The van der Waals surface area contributed by atoms with E-state index >= 15 is 0 Å². The van der Waals surface area contributed by atoms with Crippen LogP contribution in [0, 0.1) is 11.8 Å². The van der Waals surface area contributed by atoms with Crippen LogP contribution in [0.2, 0.25) is 0 Å². The maximum absolute atomic E-state index is 12.1. The molecule has 0 spiro atoms. The number of Topliss-reactive ketones (excluding diaryl/α,β-unsaturated/α-hetero) is 1. The largest absolute Gasteiger partial charge is 0.481 e. The van der Waals surface area contributed by atoms with Crippen molar-refractivity contribution >= 4 is 17.7 Å². The lowest BCUT2D eigenvalue weighted by Crippen LogP contribution is -2.54. The van der Waals surface area contributed by atoms with Crippen LogP contribution in [0.15, 0.2) is 30.3 Å². The minimum absolute atomic E-state index is 0.422. The van der Waals surface area contributed by atoms with E-state index in [1.165, 1.54) is 6.92 Å². The van der Waals surface area contributed by atoms with Crippen LogP contribution >= 0.6 is 0 Å². The van der Waals surface area contributed by atoms with E-state index in [0.29, 0.717) is 5.56 Å². The first-order valence-electron chi connectivity index (χ1n) is 6.51. The molecule has 1 aliphatic rings. The summed E-state index contributed by atoms with van der Waals surface area (Å²) in [6.07, 6.45) is -0.482. The number of carboxylic acid groups (broad SMARTS) is 2. The normalized spacial score (nSPS) is 32.7. The molecule has 0 aliphatic heterocycles. The molecule has 1 aromatic carbocycles. The van der Waals surface area contributed by atoms with Gasteiger partial charge in [-0.1, -0.05) is 30.3 Å². The summed E-state index contributed by atoms with van der Waals surface area (Å²) >= 11 is 0. The first kappa shape index (κ1) is 15.2. The quantitative estimate of drug-likeness (QED) is 0.713. The number of rotatable bonds is 3. The molecule has 0 bridgehead atoms. The van der Waals surface area contributed by atoms with Crippen molar-refractivity contribution in [3.63, 3.8) is 0 Å². The molecule has 6 heteroatoms. The summed E-state index contributed by atoms with van der Waals surface area (Å²) in [5.74, 6) is -7.26. The molecule has 0 amide bonds. The van der Waals surface area contributed by atoms with Gasteiger partial charge in [0.2, 0.25) is 0 Å². The van der Waals surface area contributed by atoms with Crippen molar-refractivity contribution in [1.29, 1.82) is 0 Å². The van der Waals surface area contributed by atoms with E-state index in [1.807, 2.05) is 0 Å². The Morgan fingerprint density at radius 1 is 1.14 bits per heavy atom. The van der Waals surface area contributed by atoms with E-state index in [9.17, 15) is 29.7 Å². The number of aliphatic hydroxyl groups is 1. The Labute approximate surface area is 121 Å². The first-order valence-corrected chi connectivity index (χ1v) is 6.51. The molecule has 0 heterocycles. The van der Waals surface area contributed by atoms with Gasteiger partial charge < -0.3 is 15.3 Å². The minimum Gasteiger partial charge on any atom is -0.481 e. The molecular formula is C15H16O6. The molecule has 112 valence electrons. The van der Waals surface area contributed by atoms with Gasteiger partial charge in [0.25, 0.3) is 0 Å². The molecule has 4 unspecified atom stereocenters. The number of benzene rings is 1. The highest BCUT2D eigenvalue weighted by Gasteiger charge is 2.56. The van der Waals surface area contributed by atoms with Crippen LogP contribution in [0.1, 0.15) is 24.8 Å². The van der Waals surface area contributed by atoms with Crippen LogP contribution in [0.3, 0.4) is 0 Å². The van der Waals surface area contributed by atoms with E-state index in [4.69, 9.17) is 0 Å². The molecule has 0 radical (unpaired) electrons. The van der Waals surface area contributed by atoms with Crippen LogP contribution in [-0.4, -0.2) is 38.6 Å². The Morgan fingerprint density at radius 2 is 1.71 bits per heavy atom. The molecule has 1 fully saturated rings. The number of carbonyl (C=O) groups excluding carboxylic acids is 1. The number of hydrogen-bond donors (Lipinski definition) is 3. The van der Waals surface area contributed by atoms with Gasteiger partial charge in [-0.2, -0.15) is 0 Å². The van der Waals surface area contributed by atoms with E-state index in [-0.39, 0.29) is 0 Å². The van der Waals surface area contributed by atoms with Crippen molar-refractivity contribution in [2.45, 2.75) is 24.9 Å². The average molecular weight is 292 g/mol. The lowest BCUT2D eigenvalue weighted by Gasteiger charge is -2.42. The predicted octanol–water partition coefficient (Wildman–Crippen LogP) is 0.896. The van der Waals surface area contributed by atoms with Crippen molar-refractivity contribution in [3.05, 3.63) is 35.9 Å². The highest BCUT2D eigenvalue weighted by molar-refractivity contribution is 6.02. The standard InChI is InChI=1S/C15H16O6/c1-15(21)7-9(16)11(13(17)18)10(12(15)14(19)20)8-5-3-2-4-6-8/h2-6,10-12,21H,7H2,1H3,(H,17,18)(H,19,20). The summed E-state index contributed by atoms with van der Waals surface area (Å²) in [5, 5.41) is 29.1. The minimum atomic E-state index is -1.78. The van der Waals surface area contributed by atoms with Gasteiger partial charge in [0.15, 0.2) is 5.78 Å². The summed E-state index contributed by atoms with van der Waals surface area (Å²) in [4.78, 5) is 35.1. The molecule has 0 saturated heterocycles. The summed E-state index contributed by atoms with van der Waals surface area (Å²) in [6, 6.07) is 8.14. The van der Waals surface area contributed by atoms with Crippen molar-refractivity contribution < 1.29 is 29.7 Å². The molecule has 6 nitrogen and oxygen atoms in total. The molecule has 1 aliphatic carbocycles. The zero-order chi connectivity index (χ0) is 15.8. The van der Waals surface area contributed by atoms with Gasteiger partial charge in [-0.25, -0.2) is 0 Å². The van der Waals surface area contributed by atoms with E-state index < -0.39 is 47.5 Å². The van der Waals surface area contributed by atoms with Crippen LogP contribution in [0.4, 0.5) is 0 Å². The molecule has 0 aromatic heterocycles. The highest BCUT2D eigenvalue weighted by atomic mass is 16.4. The van der Waals surface area contributed by atoms with Gasteiger partial charge in [0.05, 0.1) is 11.5 Å². The van der Waals surface area contributed by atoms with Gasteiger partial charge in [-0.05, 0) is 12.5 Å². The van der Waals surface area contributed by atoms with Gasteiger partial charge in [-0.15, -0.1) is 0 Å². The topological polar surface area (TPSA) is 112 Å². The second-order valence-corrected chi connectivity index (χ2v) is 5.57. The van der Waals surface area contributed by atoms with E-state index in [1.54, 1.807) is 30.3 Å². The predicted molar refractivity (Wildman–Crippen MR) is 71.7 cm³/mol. The number of hydrogen-bond acceptors (Lipinski definition) is 4. The van der Waals surface area contributed by atoms with Crippen molar-refractivity contribution in [1.82, 2.24) is 0 Å². The van der Waals surface area contributed by atoms with Crippen LogP contribution in [-0.2, 0) is 14.4 Å². The Bertz CT molecular complexity index is 577.